The van der Waals surface area contributed by atoms with Crippen molar-refractivity contribution in [2.24, 2.45) is 7.05 Å². The van der Waals surface area contributed by atoms with E-state index < -0.39 is 16.4 Å². The number of hydrogen-bond donors (Lipinski definition) is 3. The number of aromatic nitrogens is 1. The van der Waals surface area contributed by atoms with Gasteiger partial charge in [-0.15, -0.1) is 0 Å². The highest BCUT2D eigenvalue weighted by Gasteiger charge is 2.18. The van der Waals surface area contributed by atoms with Crippen LogP contribution in [0.1, 0.15) is 16.7 Å². The molecule has 24 heavy (non-hydrogen) atoms. The fraction of sp³-hybridized carbons (Fsp3) is 0.200. The molecule has 1 aromatic carbocycles. The van der Waals surface area contributed by atoms with Crippen molar-refractivity contribution in [3.63, 3.8) is 0 Å². The first kappa shape index (κ1) is 16.8. The Hall–Kier alpha value is -3.54. The number of hydrogen-bond acceptors (Lipinski definition) is 7. The summed E-state index contributed by atoms with van der Waals surface area (Å²) in [5, 5.41) is 30.0. The number of nitro benzene ring substituents is 1. The van der Waals surface area contributed by atoms with Gasteiger partial charge in [0.25, 0.3) is 11.2 Å². The number of hydrazine groups is 1. The maximum atomic E-state index is 12.2. The summed E-state index contributed by atoms with van der Waals surface area (Å²) in [5.74, 6) is -0.438. The topological polar surface area (TPSA) is 133 Å². The van der Waals surface area contributed by atoms with Gasteiger partial charge < -0.3 is 5.11 Å². The van der Waals surface area contributed by atoms with Gasteiger partial charge in [0.15, 0.2) is 0 Å². The monoisotopic (exact) mass is 329 g/mol. The van der Waals surface area contributed by atoms with Crippen molar-refractivity contribution in [3.05, 3.63) is 55.4 Å². The third-order valence-corrected chi connectivity index (χ3v) is 3.59. The van der Waals surface area contributed by atoms with Gasteiger partial charge in [0.05, 0.1) is 4.92 Å². The zero-order chi connectivity index (χ0) is 18.0. The largest absolute Gasteiger partial charge is 0.493 e. The smallest absolute Gasteiger partial charge is 0.294 e. The van der Waals surface area contributed by atoms with E-state index in [1.807, 2.05) is 6.07 Å². The Kier molecular flexibility index (Phi) is 4.41. The lowest BCUT2D eigenvalue weighted by atomic mass is 10.1. The Labute approximate surface area is 136 Å². The van der Waals surface area contributed by atoms with E-state index in [9.17, 15) is 20.0 Å². The number of nitrogens with zero attached hydrogens (tertiary/aromatic N) is 3. The van der Waals surface area contributed by atoms with Gasteiger partial charge in [0.1, 0.15) is 23.0 Å². The molecule has 0 saturated heterocycles. The zero-order valence-electron chi connectivity index (χ0n) is 13.2. The van der Waals surface area contributed by atoms with Crippen LogP contribution in [0.15, 0.2) is 23.0 Å². The number of nitrogens with one attached hydrogen (secondary N) is 2. The van der Waals surface area contributed by atoms with E-state index in [0.717, 1.165) is 10.1 Å². The number of benzene rings is 1. The summed E-state index contributed by atoms with van der Waals surface area (Å²) >= 11 is 0. The maximum Gasteiger partial charge on any atom is 0.294 e. The van der Waals surface area contributed by atoms with Crippen molar-refractivity contribution >= 4 is 17.1 Å². The van der Waals surface area contributed by atoms with Crippen molar-refractivity contribution in [2.45, 2.75) is 13.8 Å². The van der Waals surface area contributed by atoms with Gasteiger partial charge in [-0.2, -0.15) is 5.26 Å². The molecular formula is C15H15N5O4. The minimum absolute atomic E-state index is 0.0155. The van der Waals surface area contributed by atoms with Gasteiger partial charge in [-0.05, 0) is 25.5 Å². The van der Waals surface area contributed by atoms with Crippen LogP contribution in [0, 0.1) is 35.3 Å². The fourth-order valence-electron chi connectivity index (χ4n) is 2.19. The van der Waals surface area contributed by atoms with Crippen LogP contribution < -0.4 is 16.4 Å². The second-order valence-electron chi connectivity index (χ2n) is 5.20. The van der Waals surface area contributed by atoms with Gasteiger partial charge in [-0.3, -0.25) is 30.3 Å². The average molecular weight is 329 g/mol. The normalized spacial score (nSPS) is 10.1. The lowest BCUT2D eigenvalue weighted by Gasteiger charge is -2.15. The van der Waals surface area contributed by atoms with E-state index in [1.54, 1.807) is 13.0 Å². The number of pyridine rings is 1. The predicted molar refractivity (Wildman–Crippen MR) is 87.9 cm³/mol. The Morgan fingerprint density at radius 1 is 1.33 bits per heavy atom. The van der Waals surface area contributed by atoms with Crippen molar-refractivity contribution in [1.29, 1.82) is 5.26 Å². The molecule has 2 aromatic rings. The molecular weight excluding hydrogens is 314 g/mol. The van der Waals surface area contributed by atoms with Crippen molar-refractivity contribution in [2.75, 3.05) is 10.9 Å². The maximum absolute atomic E-state index is 12.2. The van der Waals surface area contributed by atoms with E-state index in [-0.39, 0.29) is 28.2 Å². The molecule has 0 fully saturated rings. The van der Waals surface area contributed by atoms with Gasteiger partial charge in [0.2, 0.25) is 5.88 Å². The molecule has 0 spiro atoms. The van der Waals surface area contributed by atoms with Crippen LogP contribution in [0.5, 0.6) is 5.88 Å². The molecule has 9 nitrogen and oxygen atoms in total. The lowest BCUT2D eigenvalue weighted by molar-refractivity contribution is -0.384. The molecule has 0 aliphatic heterocycles. The molecule has 0 saturated carbocycles. The molecule has 0 atom stereocenters. The fourth-order valence-corrected chi connectivity index (χ4v) is 2.19. The highest BCUT2D eigenvalue weighted by molar-refractivity contribution is 5.67. The molecule has 124 valence electrons. The first-order valence-electron chi connectivity index (χ1n) is 6.87. The van der Waals surface area contributed by atoms with Gasteiger partial charge in [-0.25, -0.2) is 0 Å². The minimum atomic E-state index is -0.578. The molecule has 0 aliphatic carbocycles. The molecule has 1 aromatic heterocycles. The molecule has 0 bridgehead atoms. The number of aryl methyl sites for hydroxylation is 1. The van der Waals surface area contributed by atoms with Crippen LogP contribution in [0.3, 0.4) is 0 Å². The summed E-state index contributed by atoms with van der Waals surface area (Å²) in [6.45, 7) is 3.22. The zero-order valence-corrected chi connectivity index (χ0v) is 13.2. The Bertz CT molecular complexity index is 927. The molecule has 0 amide bonds. The second-order valence-corrected chi connectivity index (χ2v) is 5.20. The van der Waals surface area contributed by atoms with E-state index in [4.69, 9.17) is 5.26 Å². The van der Waals surface area contributed by atoms with E-state index in [0.29, 0.717) is 0 Å². The van der Waals surface area contributed by atoms with Crippen LogP contribution in [0.2, 0.25) is 0 Å². The molecule has 0 unspecified atom stereocenters. The Morgan fingerprint density at radius 3 is 2.58 bits per heavy atom. The lowest BCUT2D eigenvalue weighted by Crippen LogP contribution is -2.26. The summed E-state index contributed by atoms with van der Waals surface area (Å²) < 4.78 is 0.916. The van der Waals surface area contributed by atoms with E-state index >= 15 is 0 Å². The summed E-state index contributed by atoms with van der Waals surface area (Å²) in [5.41, 5.74) is 5.57. The number of rotatable bonds is 4. The van der Waals surface area contributed by atoms with Gasteiger partial charge >= 0.3 is 0 Å². The van der Waals surface area contributed by atoms with E-state index in [1.165, 1.54) is 26.1 Å². The molecule has 0 radical (unpaired) electrons. The Balaban J connectivity index is 2.45. The van der Waals surface area contributed by atoms with Crippen LogP contribution in [0.25, 0.3) is 0 Å². The van der Waals surface area contributed by atoms with Crippen molar-refractivity contribution < 1.29 is 10.0 Å². The minimum Gasteiger partial charge on any atom is -0.493 e. The number of nitro groups is 1. The quantitative estimate of drug-likeness (QED) is 0.576. The van der Waals surface area contributed by atoms with Crippen molar-refractivity contribution in [1.82, 2.24) is 4.57 Å². The number of anilines is 2. The van der Waals surface area contributed by atoms with Crippen LogP contribution in [-0.2, 0) is 7.05 Å². The van der Waals surface area contributed by atoms with Crippen LogP contribution in [-0.4, -0.2) is 14.6 Å². The standard InChI is InChI=1S/C15H15N5O4/c1-8-4-5-11(12(6-8)20(23)24)17-18-13-9(2)10(7-16)14(21)19(3)15(13)22/h4-6,17-18,21H,1-3H3. The van der Waals surface area contributed by atoms with Gasteiger partial charge in [-0.1, -0.05) is 6.07 Å². The van der Waals surface area contributed by atoms with Crippen LogP contribution in [0.4, 0.5) is 17.1 Å². The summed E-state index contributed by atoms with van der Waals surface area (Å²) in [6.07, 6.45) is 0. The first-order valence-corrected chi connectivity index (χ1v) is 6.87. The third kappa shape index (κ3) is 2.85. The molecule has 0 aliphatic rings. The highest BCUT2D eigenvalue weighted by Crippen LogP contribution is 2.27. The molecule has 3 N–H and O–H groups in total. The van der Waals surface area contributed by atoms with Gasteiger partial charge in [0, 0.05) is 18.7 Å². The SMILES string of the molecule is Cc1ccc(NNc2c(C)c(C#N)c(O)n(C)c2=O)c([N+](=O)[O-])c1. The first-order chi connectivity index (χ1) is 11.3. The average Bonchev–Trinajstić information content (AvgIpc) is 2.54. The van der Waals surface area contributed by atoms with Crippen LogP contribution >= 0.6 is 0 Å². The molecule has 9 heteroatoms. The highest BCUT2D eigenvalue weighted by atomic mass is 16.6. The summed E-state index contributed by atoms with van der Waals surface area (Å²) in [4.78, 5) is 22.8. The predicted octanol–water partition coefficient (Wildman–Crippen LogP) is 1.93. The number of nitriles is 1. The second kappa shape index (κ2) is 6.29. The number of aromatic hydroxyl groups is 1. The summed E-state index contributed by atoms with van der Waals surface area (Å²) in [7, 11) is 1.32. The van der Waals surface area contributed by atoms with E-state index in [2.05, 4.69) is 10.9 Å². The third-order valence-electron chi connectivity index (χ3n) is 3.59. The van der Waals surface area contributed by atoms with Crippen molar-refractivity contribution in [3.8, 4) is 11.9 Å². The Morgan fingerprint density at radius 2 is 2.00 bits per heavy atom. The molecule has 1 heterocycles. The summed E-state index contributed by atoms with van der Waals surface area (Å²) in [6, 6.07) is 6.40. The molecule has 2 rings (SSSR count).